The summed E-state index contributed by atoms with van der Waals surface area (Å²) in [6.45, 7) is 4.14. The Hall–Kier alpha value is -1.91. The van der Waals surface area contributed by atoms with Gasteiger partial charge in [0.25, 0.3) is 0 Å². The first-order chi connectivity index (χ1) is 8.59. The van der Waals surface area contributed by atoms with E-state index in [0.717, 1.165) is 5.56 Å². The second kappa shape index (κ2) is 5.16. The Morgan fingerprint density at radius 3 is 2.72 bits per heavy atom. The molecule has 0 saturated carbocycles. The molecule has 1 N–H and O–H groups in total. The molecule has 0 aromatic carbocycles. The summed E-state index contributed by atoms with van der Waals surface area (Å²) in [5.41, 5.74) is 1.03. The predicted molar refractivity (Wildman–Crippen MR) is 66.6 cm³/mol. The van der Waals surface area contributed by atoms with Crippen LogP contribution in [-0.4, -0.2) is 34.3 Å². The second-order valence-electron chi connectivity index (χ2n) is 4.53. The number of carbonyl (C=O) groups is 2. The van der Waals surface area contributed by atoms with Crippen LogP contribution in [0.3, 0.4) is 0 Å². The highest BCUT2D eigenvalue weighted by Gasteiger charge is 2.29. The van der Waals surface area contributed by atoms with E-state index in [1.54, 1.807) is 24.2 Å². The lowest BCUT2D eigenvalue weighted by Gasteiger charge is -2.29. The summed E-state index contributed by atoms with van der Waals surface area (Å²) in [6, 6.07) is 3.28. The van der Waals surface area contributed by atoms with Gasteiger partial charge in [-0.15, -0.1) is 0 Å². The lowest BCUT2D eigenvalue weighted by Crippen LogP contribution is -2.43. The van der Waals surface area contributed by atoms with Gasteiger partial charge in [-0.05, 0) is 31.5 Å². The number of nitrogens with one attached hydrogen (secondary N) is 1. The molecule has 5 heteroatoms. The molecule has 2 rings (SSSR count). The normalized spacial score (nSPS) is 22.3. The molecule has 0 radical (unpaired) electrons. The second-order valence-corrected chi connectivity index (χ2v) is 4.53. The largest absolute Gasteiger partial charge is 0.345 e. The van der Waals surface area contributed by atoms with Crippen molar-refractivity contribution in [2.45, 2.75) is 32.4 Å². The number of hydrogen-bond acceptors (Lipinski definition) is 3. The molecular weight excluding hydrogens is 230 g/mol. The van der Waals surface area contributed by atoms with Crippen LogP contribution in [0.2, 0.25) is 0 Å². The SMILES string of the molecule is CC1NC(=O)CCN(C(C)c2ccncc2)C1=O. The zero-order chi connectivity index (χ0) is 13.1. The molecule has 2 heterocycles. The van der Waals surface area contributed by atoms with Crippen molar-refractivity contribution in [2.75, 3.05) is 6.54 Å². The molecule has 1 aliphatic heterocycles. The van der Waals surface area contributed by atoms with E-state index in [9.17, 15) is 9.59 Å². The van der Waals surface area contributed by atoms with Crippen molar-refractivity contribution >= 4 is 11.8 Å². The zero-order valence-electron chi connectivity index (χ0n) is 10.6. The van der Waals surface area contributed by atoms with Gasteiger partial charge in [0.2, 0.25) is 11.8 Å². The molecule has 2 atom stereocenters. The van der Waals surface area contributed by atoms with Gasteiger partial charge in [0, 0.05) is 25.4 Å². The van der Waals surface area contributed by atoms with Crippen LogP contribution in [-0.2, 0) is 9.59 Å². The molecule has 1 aliphatic rings. The van der Waals surface area contributed by atoms with E-state index in [-0.39, 0.29) is 17.9 Å². The fraction of sp³-hybridized carbons (Fsp3) is 0.462. The average Bonchev–Trinajstić information content (AvgIpc) is 2.50. The Morgan fingerprint density at radius 2 is 2.06 bits per heavy atom. The van der Waals surface area contributed by atoms with Crippen LogP contribution in [0.4, 0.5) is 0 Å². The highest BCUT2D eigenvalue weighted by atomic mass is 16.2. The summed E-state index contributed by atoms with van der Waals surface area (Å²) in [5, 5.41) is 2.69. The fourth-order valence-electron chi connectivity index (χ4n) is 2.16. The highest BCUT2D eigenvalue weighted by molar-refractivity contribution is 5.89. The van der Waals surface area contributed by atoms with Crippen molar-refractivity contribution in [3.05, 3.63) is 30.1 Å². The summed E-state index contributed by atoms with van der Waals surface area (Å²) < 4.78 is 0. The molecule has 0 spiro atoms. The van der Waals surface area contributed by atoms with Crippen molar-refractivity contribution in [1.29, 1.82) is 0 Å². The number of amides is 2. The zero-order valence-corrected chi connectivity index (χ0v) is 10.6. The van der Waals surface area contributed by atoms with Crippen molar-refractivity contribution < 1.29 is 9.59 Å². The lowest BCUT2D eigenvalue weighted by atomic mass is 10.1. The molecule has 18 heavy (non-hydrogen) atoms. The molecule has 96 valence electrons. The van der Waals surface area contributed by atoms with E-state index in [4.69, 9.17) is 0 Å². The third-order valence-electron chi connectivity index (χ3n) is 3.27. The maximum Gasteiger partial charge on any atom is 0.245 e. The summed E-state index contributed by atoms with van der Waals surface area (Å²) in [7, 11) is 0. The topological polar surface area (TPSA) is 62.3 Å². The minimum Gasteiger partial charge on any atom is -0.345 e. The number of carbonyl (C=O) groups excluding carboxylic acids is 2. The Labute approximate surface area is 106 Å². The van der Waals surface area contributed by atoms with Crippen LogP contribution >= 0.6 is 0 Å². The van der Waals surface area contributed by atoms with E-state index in [2.05, 4.69) is 10.3 Å². The quantitative estimate of drug-likeness (QED) is 0.843. The molecule has 1 fully saturated rings. The maximum atomic E-state index is 12.2. The van der Waals surface area contributed by atoms with Gasteiger partial charge in [0.05, 0.1) is 6.04 Å². The van der Waals surface area contributed by atoms with Gasteiger partial charge in [-0.2, -0.15) is 0 Å². The molecule has 5 nitrogen and oxygen atoms in total. The summed E-state index contributed by atoms with van der Waals surface area (Å²) >= 11 is 0. The van der Waals surface area contributed by atoms with Gasteiger partial charge >= 0.3 is 0 Å². The number of nitrogens with zero attached hydrogens (tertiary/aromatic N) is 2. The third kappa shape index (κ3) is 2.50. The van der Waals surface area contributed by atoms with E-state index in [1.807, 2.05) is 19.1 Å². The number of pyridine rings is 1. The van der Waals surface area contributed by atoms with Gasteiger partial charge in [0.1, 0.15) is 6.04 Å². The van der Waals surface area contributed by atoms with Gasteiger partial charge < -0.3 is 10.2 Å². The molecular formula is C13H17N3O2. The fourth-order valence-corrected chi connectivity index (χ4v) is 2.16. The average molecular weight is 247 g/mol. The number of aromatic nitrogens is 1. The van der Waals surface area contributed by atoms with E-state index >= 15 is 0 Å². The molecule has 0 aliphatic carbocycles. The monoisotopic (exact) mass is 247 g/mol. The van der Waals surface area contributed by atoms with Gasteiger partial charge in [-0.3, -0.25) is 14.6 Å². The Kier molecular flexibility index (Phi) is 3.60. The Balaban J connectivity index is 2.21. The number of rotatable bonds is 2. The molecule has 1 aromatic rings. The van der Waals surface area contributed by atoms with Crippen molar-refractivity contribution in [1.82, 2.24) is 15.2 Å². The summed E-state index contributed by atoms with van der Waals surface area (Å²) in [4.78, 5) is 29.4. The first-order valence-electron chi connectivity index (χ1n) is 6.09. The Bertz CT molecular complexity index is 447. The molecule has 1 saturated heterocycles. The lowest BCUT2D eigenvalue weighted by molar-refractivity contribution is -0.134. The van der Waals surface area contributed by atoms with Crippen molar-refractivity contribution in [3.63, 3.8) is 0 Å². The van der Waals surface area contributed by atoms with Crippen molar-refractivity contribution in [2.24, 2.45) is 0 Å². The van der Waals surface area contributed by atoms with E-state index in [1.165, 1.54) is 0 Å². The Morgan fingerprint density at radius 1 is 1.39 bits per heavy atom. The van der Waals surface area contributed by atoms with Crippen LogP contribution in [0.25, 0.3) is 0 Å². The molecule has 1 aromatic heterocycles. The third-order valence-corrected chi connectivity index (χ3v) is 3.27. The van der Waals surface area contributed by atoms with Crippen LogP contribution in [0, 0.1) is 0 Å². The first kappa shape index (κ1) is 12.5. The standard InChI is InChI=1S/C13H17N3O2/c1-9-13(18)16(8-5-12(17)15-9)10(2)11-3-6-14-7-4-11/h3-4,6-7,9-10H,5,8H2,1-2H3,(H,15,17). The minimum atomic E-state index is -0.454. The summed E-state index contributed by atoms with van der Waals surface area (Å²) in [5.74, 6) is -0.106. The van der Waals surface area contributed by atoms with Gasteiger partial charge in [0.15, 0.2) is 0 Å². The summed E-state index contributed by atoms with van der Waals surface area (Å²) in [6.07, 6.45) is 3.77. The minimum absolute atomic E-state index is 0.0369. The predicted octanol–water partition coefficient (Wildman–Crippen LogP) is 0.880. The van der Waals surface area contributed by atoms with Gasteiger partial charge in [-0.25, -0.2) is 0 Å². The van der Waals surface area contributed by atoms with E-state index < -0.39 is 6.04 Å². The smallest absolute Gasteiger partial charge is 0.245 e. The van der Waals surface area contributed by atoms with Gasteiger partial charge in [-0.1, -0.05) is 0 Å². The molecule has 2 unspecified atom stereocenters. The van der Waals surface area contributed by atoms with Crippen LogP contribution in [0.5, 0.6) is 0 Å². The number of hydrogen-bond donors (Lipinski definition) is 1. The first-order valence-corrected chi connectivity index (χ1v) is 6.09. The van der Waals surface area contributed by atoms with Crippen LogP contribution in [0.15, 0.2) is 24.5 Å². The van der Waals surface area contributed by atoms with Crippen molar-refractivity contribution in [3.8, 4) is 0 Å². The molecule has 2 amide bonds. The molecule has 0 bridgehead atoms. The maximum absolute atomic E-state index is 12.2. The van der Waals surface area contributed by atoms with Crippen LogP contribution in [0.1, 0.15) is 31.9 Å². The van der Waals surface area contributed by atoms with Crippen LogP contribution < -0.4 is 5.32 Å². The van der Waals surface area contributed by atoms with E-state index in [0.29, 0.717) is 13.0 Å². The highest BCUT2D eigenvalue weighted by Crippen LogP contribution is 2.21.